The van der Waals surface area contributed by atoms with Gasteiger partial charge in [-0.05, 0) is 49.2 Å². The monoisotopic (exact) mass is 471 g/mol. The van der Waals surface area contributed by atoms with Crippen molar-refractivity contribution in [2.45, 2.75) is 20.4 Å². The van der Waals surface area contributed by atoms with E-state index in [0.717, 1.165) is 44.7 Å². The van der Waals surface area contributed by atoms with E-state index in [1.807, 2.05) is 74.5 Å². The zero-order chi connectivity index (χ0) is 24.8. The molecule has 0 saturated carbocycles. The fraction of sp³-hybridized carbons (Fsp3) is 0.207. The van der Waals surface area contributed by atoms with Crippen LogP contribution in [0.1, 0.15) is 25.0 Å². The van der Waals surface area contributed by atoms with Crippen molar-refractivity contribution >= 4 is 22.4 Å². The van der Waals surface area contributed by atoms with Crippen LogP contribution in [0.3, 0.4) is 0 Å². The van der Waals surface area contributed by atoms with Gasteiger partial charge in [0, 0.05) is 40.8 Å². The predicted octanol–water partition coefficient (Wildman–Crippen LogP) is 6.24. The van der Waals surface area contributed by atoms with Crippen LogP contribution in [-0.2, 0) is 11.3 Å². The molecule has 6 heteroatoms. The molecule has 1 aromatic heterocycles. The molecule has 6 nitrogen and oxygen atoms in total. The average Bonchev–Trinajstić information content (AvgIpc) is 3.30. The number of amides is 1. The van der Waals surface area contributed by atoms with Gasteiger partial charge in [0.2, 0.25) is 5.91 Å². The standard InChI is InChI=1S/C29H29NO5/c1-5-34-27-16-28-24(25(18-35-28)20-10-8-11-22(14-20)32-3)15-23(27)19(2)13-29(31)30-17-21-9-6-7-12-26(21)33-4/h6-16,18H,5,17H2,1-4H3,(H,30,31)/b19-13+. The molecule has 4 rings (SSSR count). The Morgan fingerprint density at radius 3 is 2.60 bits per heavy atom. The van der Waals surface area contributed by atoms with Gasteiger partial charge in [-0.3, -0.25) is 4.79 Å². The molecular formula is C29H29NO5. The van der Waals surface area contributed by atoms with Crippen LogP contribution >= 0.6 is 0 Å². The lowest BCUT2D eigenvalue weighted by molar-refractivity contribution is -0.116. The fourth-order valence-corrected chi connectivity index (χ4v) is 4.01. The highest BCUT2D eigenvalue weighted by Gasteiger charge is 2.16. The van der Waals surface area contributed by atoms with Crippen LogP contribution in [0.5, 0.6) is 17.2 Å². The SMILES string of the molecule is CCOc1cc2occ(-c3cccc(OC)c3)c2cc1/C(C)=C/C(=O)NCc1ccccc1OC. The van der Waals surface area contributed by atoms with Crippen molar-refractivity contribution in [3.8, 4) is 28.4 Å². The number of carbonyl (C=O) groups is 1. The van der Waals surface area contributed by atoms with Gasteiger partial charge < -0.3 is 23.9 Å². The first-order chi connectivity index (χ1) is 17.0. The highest BCUT2D eigenvalue weighted by Crippen LogP contribution is 2.38. The minimum atomic E-state index is -0.198. The predicted molar refractivity (Wildman–Crippen MR) is 138 cm³/mol. The van der Waals surface area contributed by atoms with Gasteiger partial charge in [0.15, 0.2) is 0 Å². The number of methoxy groups -OCH3 is 2. The number of rotatable bonds is 9. The molecule has 0 aliphatic carbocycles. The third-order valence-corrected chi connectivity index (χ3v) is 5.77. The number of carbonyl (C=O) groups excluding carboxylic acids is 1. The average molecular weight is 472 g/mol. The fourth-order valence-electron chi connectivity index (χ4n) is 4.01. The highest BCUT2D eigenvalue weighted by atomic mass is 16.5. The molecule has 0 unspecified atom stereocenters. The van der Waals surface area contributed by atoms with Gasteiger partial charge in [-0.25, -0.2) is 0 Å². The van der Waals surface area contributed by atoms with Gasteiger partial charge >= 0.3 is 0 Å². The molecule has 1 N–H and O–H groups in total. The van der Waals surface area contributed by atoms with Crippen LogP contribution in [0.4, 0.5) is 0 Å². The lowest BCUT2D eigenvalue weighted by Gasteiger charge is -2.12. The number of nitrogens with one attached hydrogen (secondary N) is 1. The molecule has 0 atom stereocenters. The van der Waals surface area contributed by atoms with Crippen molar-refractivity contribution < 1.29 is 23.4 Å². The molecule has 0 spiro atoms. The van der Waals surface area contributed by atoms with E-state index in [4.69, 9.17) is 18.6 Å². The third kappa shape index (κ3) is 5.32. The number of fused-ring (bicyclic) bond motifs is 1. The van der Waals surface area contributed by atoms with Gasteiger partial charge in [0.25, 0.3) is 0 Å². The summed E-state index contributed by atoms with van der Waals surface area (Å²) in [4.78, 5) is 12.7. The normalized spacial score (nSPS) is 11.4. The molecule has 0 saturated heterocycles. The lowest BCUT2D eigenvalue weighted by atomic mass is 9.99. The second-order valence-corrected chi connectivity index (χ2v) is 8.02. The third-order valence-electron chi connectivity index (χ3n) is 5.77. The Morgan fingerprint density at radius 2 is 1.83 bits per heavy atom. The topological polar surface area (TPSA) is 69.9 Å². The van der Waals surface area contributed by atoms with Crippen molar-refractivity contribution in [2.24, 2.45) is 0 Å². The molecule has 0 radical (unpaired) electrons. The van der Waals surface area contributed by atoms with Gasteiger partial charge in [-0.2, -0.15) is 0 Å². The maximum Gasteiger partial charge on any atom is 0.244 e. The lowest BCUT2D eigenvalue weighted by Crippen LogP contribution is -2.21. The van der Waals surface area contributed by atoms with Crippen molar-refractivity contribution in [2.75, 3.05) is 20.8 Å². The van der Waals surface area contributed by atoms with E-state index in [9.17, 15) is 4.79 Å². The van der Waals surface area contributed by atoms with Crippen molar-refractivity contribution in [1.29, 1.82) is 0 Å². The van der Waals surface area contributed by atoms with Gasteiger partial charge in [-0.1, -0.05) is 30.3 Å². The Kier molecular flexibility index (Phi) is 7.41. The van der Waals surface area contributed by atoms with Crippen LogP contribution in [0.25, 0.3) is 27.7 Å². The molecular weight excluding hydrogens is 442 g/mol. The van der Waals surface area contributed by atoms with E-state index >= 15 is 0 Å². The summed E-state index contributed by atoms with van der Waals surface area (Å²) >= 11 is 0. The summed E-state index contributed by atoms with van der Waals surface area (Å²) in [7, 11) is 3.26. The summed E-state index contributed by atoms with van der Waals surface area (Å²) in [5, 5.41) is 3.87. The minimum absolute atomic E-state index is 0.198. The van der Waals surface area contributed by atoms with Crippen molar-refractivity contribution in [3.63, 3.8) is 0 Å². The van der Waals surface area contributed by atoms with Crippen molar-refractivity contribution in [3.05, 3.63) is 84.1 Å². The number of furan rings is 1. The Bertz CT molecular complexity index is 1370. The maximum absolute atomic E-state index is 12.7. The highest BCUT2D eigenvalue weighted by molar-refractivity contribution is 6.00. The summed E-state index contributed by atoms with van der Waals surface area (Å²) in [5.74, 6) is 1.97. The second kappa shape index (κ2) is 10.8. The number of hydrogen-bond acceptors (Lipinski definition) is 5. The first-order valence-corrected chi connectivity index (χ1v) is 11.4. The first kappa shape index (κ1) is 24.0. The Morgan fingerprint density at radius 1 is 1.00 bits per heavy atom. The molecule has 180 valence electrons. The summed E-state index contributed by atoms with van der Waals surface area (Å²) in [5.41, 5.74) is 5.16. The van der Waals surface area contributed by atoms with Gasteiger partial charge in [0.05, 0.1) is 27.1 Å². The van der Waals surface area contributed by atoms with Crippen LogP contribution in [0, 0.1) is 0 Å². The summed E-state index contributed by atoms with van der Waals surface area (Å²) < 4.78 is 22.5. The molecule has 1 amide bonds. The number of hydrogen-bond donors (Lipinski definition) is 1. The molecule has 0 bridgehead atoms. The molecule has 3 aromatic carbocycles. The molecule has 1 heterocycles. The second-order valence-electron chi connectivity index (χ2n) is 8.02. The van der Waals surface area contributed by atoms with Crippen LogP contribution in [0.2, 0.25) is 0 Å². The van der Waals surface area contributed by atoms with Crippen LogP contribution in [0.15, 0.2) is 77.4 Å². The largest absolute Gasteiger partial charge is 0.497 e. The van der Waals surface area contributed by atoms with Gasteiger partial charge in [-0.15, -0.1) is 0 Å². The van der Waals surface area contributed by atoms with E-state index in [-0.39, 0.29) is 5.91 Å². The molecule has 0 aliphatic rings. The minimum Gasteiger partial charge on any atom is -0.497 e. The zero-order valence-electron chi connectivity index (χ0n) is 20.4. The van der Waals surface area contributed by atoms with E-state index in [1.165, 1.54) is 0 Å². The number of benzene rings is 3. The number of ether oxygens (including phenoxy) is 3. The first-order valence-electron chi connectivity index (χ1n) is 11.4. The van der Waals surface area contributed by atoms with E-state index in [2.05, 4.69) is 5.32 Å². The number of allylic oxidation sites excluding steroid dienone is 1. The Hall–Kier alpha value is -4.19. The molecule has 0 aliphatic heterocycles. The zero-order valence-corrected chi connectivity index (χ0v) is 20.4. The smallest absolute Gasteiger partial charge is 0.244 e. The van der Waals surface area contributed by atoms with E-state index in [1.54, 1.807) is 26.6 Å². The molecule has 4 aromatic rings. The van der Waals surface area contributed by atoms with Crippen LogP contribution < -0.4 is 19.5 Å². The quantitative estimate of drug-likeness (QED) is 0.293. The van der Waals surface area contributed by atoms with E-state index < -0.39 is 0 Å². The van der Waals surface area contributed by atoms with Crippen LogP contribution in [-0.4, -0.2) is 26.7 Å². The maximum atomic E-state index is 12.7. The summed E-state index contributed by atoms with van der Waals surface area (Å²) in [6, 6.07) is 19.3. The molecule has 35 heavy (non-hydrogen) atoms. The Balaban J connectivity index is 1.66. The van der Waals surface area contributed by atoms with E-state index in [0.29, 0.717) is 24.5 Å². The summed E-state index contributed by atoms with van der Waals surface area (Å²) in [6.45, 7) is 4.69. The molecule has 0 fully saturated rings. The Labute approximate surface area is 205 Å². The number of para-hydroxylation sites is 1. The summed E-state index contributed by atoms with van der Waals surface area (Å²) in [6.07, 6.45) is 3.32. The van der Waals surface area contributed by atoms with Crippen molar-refractivity contribution in [1.82, 2.24) is 5.32 Å². The van der Waals surface area contributed by atoms with Gasteiger partial charge in [0.1, 0.15) is 22.8 Å².